The molecule has 0 fully saturated rings. The van der Waals surface area contributed by atoms with Gasteiger partial charge in [0, 0.05) is 29.5 Å². The number of amides is 1. The van der Waals surface area contributed by atoms with Crippen LogP contribution in [0.15, 0.2) is 42.5 Å². The normalized spacial score (nSPS) is 11.6. The van der Waals surface area contributed by atoms with E-state index >= 15 is 0 Å². The van der Waals surface area contributed by atoms with E-state index in [-0.39, 0.29) is 5.91 Å². The van der Waals surface area contributed by atoms with Crippen molar-refractivity contribution in [2.45, 2.75) is 25.9 Å². The molecule has 28 heavy (non-hydrogen) atoms. The van der Waals surface area contributed by atoms with Crippen LogP contribution in [0.25, 0.3) is 10.1 Å². The number of carbonyl (C=O) groups is 1. The number of fused-ring (bicyclic) bond motifs is 1. The molecule has 0 aliphatic heterocycles. The molecule has 0 spiro atoms. The van der Waals surface area contributed by atoms with E-state index < -0.39 is 11.7 Å². The number of carbonyl (C=O) groups excluding carboxylic acids is 1. The number of methoxy groups -OCH3 is 1. The van der Waals surface area contributed by atoms with Crippen molar-refractivity contribution in [3.05, 3.63) is 64.0 Å². The fourth-order valence-electron chi connectivity index (χ4n) is 3.08. The number of nitrogens with one attached hydrogen (secondary N) is 1. The lowest BCUT2D eigenvalue weighted by Crippen LogP contribution is -2.22. The summed E-state index contributed by atoms with van der Waals surface area (Å²) in [5.41, 5.74) is 1.25. The molecular weight excluding hydrogens is 387 g/mol. The molecule has 0 unspecified atom stereocenters. The predicted octanol–water partition coefficient (Wildman–Crippen LogP) is 5.20. The minimum Gasteiger partial charge on any atom is -0.497 e. The van der Waals surface area contributed by atoms with Gasteiger partial charge in [-0.1, -0.05) is 12.1 Å². The largest absolute Gasteiger partial charge is 0.497 e. The van der Waals surface area contributed by atoms with Crippen LogP contribution in [0.3, 0.4) is 0 Å². The van der Waals surface area contributed by atoms with E-state index in [1.807, 2.05) is 18.2 Å². The van der Waals surface area contributed by atoms with E-state index in [0.717, 1.165) is 44.0 Å². The summed E-state index contributed by atoms with van der Waals surface area (Å²) < 4.78 is 44.8. The van der Waals surface area contributed by atoms with Crippen LogP contribution in [-0.4, -0.2) is 19.6 Å². The van der Waals surface area contributed by atoms with Crippen LogP contribution in [-0.2, 0) is 23.8 Å². The van der Waals surface area contributed by atoms with Crippen LogP contribution in [0, 0.1) is 0 Å². The molecule has 1 amide bonds. The summed E-state index contributed by atoms with van der Waals surface area (Å²) in [6.45, 7) is 1.97. The minimum atomic E-state index is -4.34. The van der Waals surface area contributed by atoms with Crippen molar-refractivity contribution in [2.75, 3.05) is 13.7 Å². The molecule has 0 bridgehead atoms. The summed E-state index contributed by atoms with van der Waals surface area (Å²) in [7, 11) is 1.60. The van der Waals surface area contributed by atoms with Gasteiger partial charge in [-0.2, -0.15) is 13.2 Å². The van der Waals surface area contributed by atoms with Gasteiger partial charge in [-0.3, -0.25) is 4.79 Å². The number of benzene rings is 2. The Bertz CT molecular complexity index is 978. The first-order chi connectivity index (χ1) is 13.3. The van der Waals surface area contributed by atoms with Gasteiger partial charge in [0.05, 0.1) is 12.7 Å². The number of alkyl halides is 3. The lowest BCUT2D eigenvalue weighted by Gasteiger charge is -2.09. The van der Waals surface area contributed by atoms with Crippen molar-refractivity contribution < 1.29 is 22.7 Å². The molecule has 3 rings (SSSR count). The van der Waals surface area contributed by atoms with Gasteiger partial charge < -0.3 is 10.1 Å². The van der Waals surface area contributed by atoms with Gasteiger partial charge in [-0.15, -0.1) is 11.3 Å². The smallest absolute Gasteiger partial charge is 0.416 e. The van der Waals surface area contributed by atoms with Crippen molar-refractivity contribution >= 4 is 27.3 Å². The quantitative estimate of drug-likeness (QED) is 0.610. The summed E-state index contributed by atoms with van der Waals surface area (Å²) in [6.07, 6.45) is -3.16. The molecule has 0 aliphatic carbocycles. The van der Waals surface area contributed by atoms with E-state index in [9.17, 15) is 18.0 Å². The molecule has 0 radical (unpaired) electrons. The summed E-state index contributed by atoms with van der Waals surface area (Å²) in [4.78, 5) is 12.3. The van der Waals surface area contributed by atoms with E-state index in [2.05, 4.69) is 5.32 Å². The minimum absolute atomic E-state index is 0.0959. The summed E-state index contributed by atoms with van der Waals surface area (Å²) in [5.74, 6) is 0.647. The number of ether oxygens (including phenoxy) is 1. The molecule has 1 heterocycles. The zero-order chi connectivity index (χ0) is 20.3. The number of halogens is 3. The zero-order valence-corrected chi connectivity index (χ0v) is 16.3. The molecule has 7 heteroatoms. The average molecular weight is 407 g/mol. The highest BCUT2D eigenvalue weighted by molar-refractivity contribution is 7.19. The van der Waals surface area contributed by atoms with Gasteiger partial charge in [0.2, 0.25) is 5.91 Å². The van der Waals surface area contributed by atoms with Crippen LogP contribution in [0.1, 0.15) is 28.5 Å². The Balaban J connectivity index is 1.93. The van der Waals surface area contributed by atoms with Crippen molar-refractivity contribution in [1.29, 1.82) is 0 Å². The van der Waals surface area contributed by atoms with E-state index in [4.69, 9.17) is 4.74 Å². The number of hydrogen-bond donors (Lipinski definition) is 1. The Morgan fingerprint density at radius 2 is 1.86 bits per heavy atom. The molecule has 148 valence electrons. The maximum absolute atomic E-state index is 12.8. The highest BCUT2D eigenvalue weighted by Gasteiger charge is 2.30. The summed E-state index contributed by atoms with van der Waals surface area (Å²) >= 11 is 1.62. The molecule has 0 atom stereocenters. The van der Waals surface area contributed by atoms with Gasteiger partial charge in [0.1, 0.15) is 5.75 Å². The Labute approximate surface area is 165 Å². The number of hydrogen-bond acceptors (Lipinski definition) is 3. The van der Waals surface area contributed by atoms with E-state index in [1.54, 1.807) is 18.4 Å². The summed E-state index contributed by atoms with van der Waals surface area (Å²) in [6, 6.07) is 11.1. The molecule has 0 saturated heterocycles. The Kier molecular flexibility index (Phi) is 5.93. The molecule has 1 aromatic heterocycles. The average Bonchev–Trinajstić information content (AvgIpc) is 2.97. The van der Waals surface area contributed by atoms with Gasteiger partial charge in [-0.05, 0) is 53.3 Å². The molecule has 3 nitrogen and oxygen atoms in total. The van der Waals surface area contributed by atoms with Crippen LogP contribution in [0.5, 0.6) is 5.75 Å². The van der Waals surface area contributed by atoms with Gasteiger partial charge in [-0.25, -0.2) is 0 Å². The molecule has 3 aromatic rings. The number of rotatable bonds is 6. The van der Waals surface area contributed by atoms with Crippen molar-refractivity contribution in [2.24, 2.45) is 0 Å². The second-order valence-corrected chi connectivity index (χ2v) is 7.61. The van der Waals surface area contributed by atoms with Crippen molar-refractivity contribution in [3.8, 4) is 5.75 Å². The lowest BCUT2D eigenvalue weighted by molar-refractivity contribution is -0.137. The zero-order valence-electron chi connectivity index (χ0n) is 15.5. The first-order valence-corrected chi connectivity index (χ1v) is 9.58. The number of thiophene rings is 1. The second kappa shape index (κ2) is 8.22. The molecule has 0 saturated carbocycles. The Hall–Kier alpha value is -2.54. The maximum atomic E-state index is 12.8. The van der Waals surface area contributed by atoms with Crippen molar-refractivity contribution in [3.63, 3.8) is 0 Å². The summed E-state index contributed by atoms with van der Waals surface area (Å²) in [5, 5.41) is 3.85. The highest BCUT2D eigenvalue weighted by Crippen LogP contribution is 2.36. The van der Waals surface area contributed by atoms with E-state index in [1.165, 1.54) is 19.1 Å². The Morgan fingerprint density at radius 3 is 2.46 bits per heavy atom. The predicted molar refractivity (Wildman–Crippen MR) is 105 cm³/mol. The third-order valence-electron chi connectivity index (χ3n) is 4.48. The van der Waals surface area contributed by atoms with Gasteiger partial charge in [0.25, 0.3) is 0 Å². The van der Waals surface area contributed by atoms with Gasteiger partial charge in [0.15, 0.2) is 0 Å². The van der Waals surface area contributed by atoms with Crippen LogP contribution in [0.2, 0.25) is 0 Å². The topological polar surface area (TPSA) is 38.3 Å². The van der Waals surface area contributed by atoms with Crippen LogP contribution < -0.4 is 10.1 Å². The van der Waals surface area contributed by atoms with Crippen LogP contribution >= 0.6 is 11.3 Å². The molecular formula is C21H20F3NO2S. The SMILES string of the molecule is COc1ccc2sc(Cc3ccc(C(F)(F)F)cc3)c(CCNC(C)=O)c2c1. The molecule has 2 aromatic carbocycles. The van der Waals surface area contributed by atoms with Crippen LogP contribution in [0.4, 0.5) is 13.2 Å². The van der Waals surface area contributed by atoms with Crippen molar-refractivity contribution in [1.82, 2.24) is 5.32 Å². The lowest BCUT2D eigenvalue weighted by atomic mass is 10.0. The third-order valence-corrected chi connectivity index (χ3v) is 5.69. The Morgan fingerprint density at radius 1 is 1.14 bits per heavy atom. The molecule has 0 aliphatic rings. The first-order valence-electron chi connectivity index (χ1n) is 8.77. The molecule has 1 N–H and O–H groups in total. The fraction of sp³-hybridized carbons (Fsp3) is 0.286. The second-order valence-electron chi connectivity index (χ2n) is 6.47. The highest BCUT2D eigenvalue weighted by atomic mass is 32.1. The standard InChI is InChI=1S/C21H20F3NO2S/c1-13(26)25-10-9-17-18-12-16(27-2)7-8-19(18)28-20(17)11-14-3-5-15(6-4-14)21(22,23)24/h3-8,12H,9-11H2,1-2H3,(H,25,26). The van der Waals surface area contributed by atoms with Gasteiger partial charge >= 0.3 is 6.18 Å². The monoisotopic (exact) mass is 407 g/mol. The fourth-order valence-corrected chi connectivity index (χ4v) is 4.35. The first kappa shape index (κ1) is 20.2. The maximum Gasteiger partial charge on any atom is 0.416 e. The third kappa shape index (κ3) is 4.65. The van der Waals surface area contributed by atoms with E-state index in [0.29, 0.717) is 19.4 Å².